The number of benzene rings is 2. The van der Waals surface area contributed by atoms with E-state index >= 15 is 0 Å². The van der Waals surface area contributed by atoms with Crippen molar-refractivity contribution in [3.63, 3.8) is 0 Å². The number of nitro benzene ring substituents is 1. The molecule has 0 atom stereocenters. The van der Waals surface area contributed by atoms with Crippen molar-refractivity contribution in [1.29, 1.82) is 0 Å². The second kappa shape index (κ2) is 6.89. The van der Waals surface area contributed by atoms with E-state index in [0.717, 1.165) is 17.8 Å². The quantitative estimate of drug-likeness (QED) is 0.509. The van der Waals surface area contributed by atoms with E-state index in [1.807, 2.05) is 6.92 Å². The third-order valence-corrected chi connectivity index (χ3v) is 3.18. The minimum absolute atomic E-state index is 0.0217. The van der Waals surface area contributed by atoms with Crippen LogP contribution in [0.2, 0.25) is 5.02 Å². The number of carbonyl (C=O) groups is 1. The van der Waals surface area contributed by atoms with Gasteiger partial charge in [0.2, 0.25) is 5.75 Å². The van der Waals surface area contributed by atoms with Crippen LogP contribution in [0.25, 0.3) is 0 Å². The first-order valence-corrected chi connectivity index (χ1v) is 6.83. The number of nitro groups is 1. The first kappa shape index (κ1) is 16.4. The molecule has 0 fully saturated rings. The number of hydrogen-bond donors (Lipinski definition) is 2. The average Bonchev–Trinajstić information content (AvgIpc) is 2.50. The van der Waals surface area contributed by atoms with Crippen molar-refractivity contribution in [3.05, 3.63) is 68.2 Å². The SMILES string of the molecule is Cc1ccc(C(=O)N/N=C\c2cc(Cl)cc([N+](=O)[O-])c2O)cc1. The lowest BCUT2D eigenvalue weighted by Gasteiger charge is -2.02. The van der Waals surface area contributed by atoms with E-state index in [2.05, 4.69) is 10.5 Å². The van der Waals surface area contributed by atoms with Crippen molar-refractivity contribution in [1.82, 2.24) is 5.43 Å². The molecule has 0 saturated carbocycles. The number of nitrogens with zero attached hydrogens (tertiary/aromatic N) is 2. The molecule has 0 saturated heterocycles. The van der Waals surface area contributed by atoms with Crippen LogP contribution in [0.15, 0.2) is 41.5 Å². The van der Waals surface area contributed by atoms with E-state index in [4.69, 9.17) is 11.6 Å². The number of aryl methyl sites for hydroxylation is 1. The van der Waals surface area contributed by atoms with E-state index in [0.29, 0.717) is 5.56 Å². The number of phenolic OH excluding ortho intramolecular Hbond substituents is 1. The Kier molecular flexibility index (Phi) is 4.92. The van der Waals surface area contributed by atoms with E-state index < -0.39 is 22.3 Å². The first-order chi connectivity index (χ1) is 10.9. The molecule has 0 aromatic heterocycles. The van der Waals surface area contributed by atoms with Crippen molar-refractivity contribution in [2.75, 3.05) is 0 Å². The van der Waals surface area contributed by atoms with Gasteiger partial charge in [-0.1, -0.05) is 29.3 Å². The highest BCUT2D eigenvalue weighted by Crippen LogP contribution is 2.32. The van der Waals surface area contributed by atoms with Crippen molar-refractivity contribution >= 4 is 29.4 Å². The Morgan fingerprint density at radius 2 is 2.00 bits per heavy atom. The molecule has 0 unspecified atom stereocenters. The molecule has 0 bridgehead atoms. The molecule has 2 N–H and O–H groups in total. The third kappa shape index (κ3) is 4.04. The zero-order chi connectivity index (χ0) is 17.0. The maximum atomic E-state index is 11.9. The molecule has 0 aliphatic rings. The van der Waals surface area contributed by atoms with Crippen molar-refractivity contribution in [3.8, 4) is 5.75 Å². The Labute approximate surface area is 136 Å². The molecule has 2 rings (SSSR count). The highest BCUT2D eigenvalue weighted by molar-refractivity contribution is 6.31. The van der Waals surface area contributed by atoms with Gasteiger partial charge in [-0.25, -0.2) is 5.43 Å². The maximum Gasteiger partial charge on any atom is 0.312 e. The molecule has 2 aromatic carbocycles. The van der Waals surface area contributed by atoms with Crippen LogP contribution in [0.4, 0.5) is 5.69 Å². The van der Waals surface area contributed by atoms with Gasteiger partial charge < -0.3 is 5.11 Å². The molecule has 118 valence electrons. The Balaban J connectivity index is 2.16. The van der Waals surface area contributed by atoms with Gasteiger partial charge in [0.1, 0.15) is 0 Å². The third-order valence-electron chi connectivity index (χ3n) is 2.96. The van der Waals surface area contributed by atoms with Crippen LogP contribution >= 0.6 is 11.6 Å². The van der Waals surface area contributed by atoms with Gasteiger partial charge in [-0.3, -0.25) is 14.9 Å². The van der Waals surface area contributed by atoms with E-state index in [1.165, 1.54) is 6.07 Å². The number of halogens is 1. The Morgan fingerprint density at radius 1 is 1.35 bits per heavy atom. The van der Waals surface area contributed by atoms with Crippen molar-refractivity contribution in [2.24, 2.45) is 5.10 Å². The summed E-state index contributed by atoms with van der Waals surface area (Å²) in [6, 6.07) is 9.17. The molecule has 0 aliphatic heterocycles. The molecule has 23 heavy (non-hydrogen) atoms. The van der Waals surface area contributed by atoms with Crippen LogP contribution in [0, 0.1) is 17.0 Å². The molecular formula is C15H12ClN3O4. The number of carbonyl (C=O) groups excluding carboxylic acids is 1. The van der Waals surface area contributed by atoms with Gasteiger partial charge in [-0.15, -0.1) is 0 Å². The van der Waals surface area contributed by atoms with Gasteiger partial charge in [0, 0.05) is 22.2 Å². The van der Waals surface area contributed by atoms with Gasteiger partial charge in [0.05, 0.1) is 11.1 Å². The summed E-state index contributed by atoms with van der Waals surface area (Å²) in [5.41, 5.74) is 3.18. The summed E-state index contributed by atoms with van der Waals surface area (Å²) in [6.07, 6.45) is 1.08. The lowest BCUT2D eigenvalue weighted by molar-refractivity contribution is -0.385. The molecule has 0 spiro atoms. The summed E-state index contributed by atoms with van der Waals surface area (Å²) in [7, 11) is 0. The van der Waals surface area contributed by atoms with Crippen molar-refractivity contribution in [2.45, 2.75) is 6.92 Å². The number of phenols is 1. The van der Waals surface area contributed by atoms with Crippen molar-refractivity contribution < 1.29 is 14.8 Å². The monoisotopic (exact) mass is 333 g/mol. The van der Waals surface area contributed by atoms with Gasteiger partial charge in [-0.05, 0) is 25.1 Å². The zero-order valence-electron chi connectivity index (χ0n) is 12.0. The fourth-order valence-corrected chi connectivity index (χ4v) is 1.99. The predicted octanol–water partition coefficient (Wildman–Crippen LogP) is 3.03. The molecule has 0 radical (unpaired) electrons. The summed E-state index contributed by atoms with van der Waals surface area (Å²) in [5.74, 6) is -1.02. The molecule has 8 heteroatoms. The number of amides is 1. The Morgan fingerprint density at radius 3 is 2.61 bits per heavy atom. The van der Waals surface area contributed by atoms with Crippen LogP contribution in [0.3, 0.4) is 0 Å². The standard InChI is InChI=1S/C15H12ClN3O4/c1-9-2-4-10(5-3-9)15(21)18-17-8-11-6-12(16)7-13(14(11)20)19(22)23/h2-8,20H,1H3,(H,18,21)/b17-8-. The number of rotatable bonds is 4. The van der Waals surface area contributed by atoms with Gasteiger partial charge in [0.25, 0.3) is 5.91 Å². The smallest absolute Gasteiger partial charge is 0.312 e. The molecular weight excluding hydrogens is 322 g/mol. The van der Waals surface area contributed by atoms with E-state index in [1.54, 1.807) is 24.3 Å². The summed E-state index contributed by atoms with van der Waals surface area (Å²) in [5, 5.41) is 24.3. The summed E-state index contributed by atoms with van der Waals surface area (Å²) in [4.78, 5) is 21.9. The van der Waals surface area contributed by atoms with E-state index in [9.17, 15) is 20.0 Å². The Bertz CT molecular complexity index is 788. The molecule has 2 aromatic rings. The number of aromatic hydroxyl groups is 1. The normalized spacial score (nSPS) is 10.7. The number of nitrogens with one attached hydrogen (secondary N) is 1. The summed E-state index contributed by atoms with van der Waals surface area (Å²) in [6.45, 7) is 1.90. The van der Waals surface area contributed by atoms with E-state index in [-0.39, 0.29) is 10.6 Å². The largest absolute Gasteiger partial charge is 0.502 e. The van der Waals surface area contributed by atoms with Crippen LogP contribution in [-0.2, 0) is 0 Å². The predicted molar refractivity (Wildman–Crippen MR) is 86.0 cm³/mol. The number of hydrazone groups is 1. The fraction of sp³-hybridized carbons (Fsp3) is 0.0667. The van der Waals surface area contributed by atoms with Crippen LogP contribution < -0.4 is 5.43 Å². The molecule has 1 amide bonds. The maximum absolute atomic E-state index is 11.9. The lowest BCUT2D eigenvalue weighted by atomic mass is 10.1. The minimum atomic E-state index is -0.760. The van der Waals surface area contributed by atoms with Crippen LogP contribution in [0.5, 0.6) is 5.75 Å². The number of hydrogen-bond acceptors (Lipinski definition) is 5. The zero-order valence-corrected chi connectivity index (χ0v) is 12.7. The lowest BCUT2D eigenvalue weighted by Crippen LogP contribution is -2.17. The second-order valence-electron chi connectivity index (χ2n) is 4.69. The highest BCUT2D eigenvalue weighted by Gasteiger charge is 2.17. The van der Waals surface area contributed by atoms with Gasteiger partial charge in [-0.2, -0.15) is 5.10 Å². The Hall–Kier alpha value is -2.93. The molecule has 7 nitrogen and oxygen atoms in total. The second-order valence-corrected chi connectivity index (χ2v) is 5.12. The topological polar surface area (TPSA) is 105 Å². The first-order valence-electron chi connectivity index (χ1n) is 6.45. The fourth-order valence-electron chi connectivity index (χ4n) is 1.77. The van der Waals surface area contributed by atoms with Gasteiger partial charge >= 0.3 is 5.69 Å². The summed E-state index contributed by atoms with van der Waals surface area (Å²) >= 11 is 5.75. The minimum Gasteiger partial charge on any atom is -0.502 e. The van der Waals surface area contributed by atoms with Crippen LogP contribution in [0.1, 0.15) is 21.5 Å². The molecule has 0 aliphatic carbocycles. The summed E-state index contributed by atoms with van der Waals surface area (Å²) < 4.78 is 0. The average molecular weight is 334 g/mol. The van der Waals surface area contributed by atoms with Gasteiger partial charge in [0.15, 0.2) is 0 Å². The molecule has 0 heterocycles. The highest BCUT2D eigenvalue weighted by atomic mass is 35.5. The van der Waals surface area contributed by atoms with Crippen LogP contribution in [-0.4, -0.2) is 22.2 Å².